The minimum atomic E-state index is -0.0167. The Morgan fingerprint density at radius 1 is 1.14 bits per heavy atom. The summed E-state index contributed by atoms with van der Waals surface area (Å²) in [5, 5.41) is 3.37. The van der Waals surface area contributed by atoms with Crippen molar-refractivity contribution < 1.29 is 0 Å². The van der Waals surface area contributed by atoms with E-state index in [-0.39, 0.29) is 5.56 Å². The van der Waals surface area contributed by atoms with Gasteiger partial charge < -0.3 is 5.32 Å². The summed E-state index contributed by atoms with van der Waals surface area (Å²) in [6.07, 6.45) is 9.53. The zero-order valence-corrected chi connectivity index (χ0v) is 12.8. The molecule has 2 aromatic rings. The molecule has 2 aromatic heterocycles. The Hall–Kier alpha value is -1.68. The van der Waals surface area contributed by atoms with E-state index in [1.807, 2.05) is 18.2 Å². The normalized spacial score (nSPS) is 11.1. The Bertz CT molecular complexity index is 606. The lowest BCUT2D eigenvalue weighted by Gasteiger charge is -2.06. The second kappa shape index (κ2) is 8.57. The number of nitrogens with one attached hydrogen (secondary N) is 1. The SMILES string of the molecule is CCCCCCCCNCc1cc(=O)n2ccccc2n1. The quantitative estimate of drug-likeness (QED) is 0.721. The smallest absolute Gasteiger partial charge is 0.258 e. The maximum absolute atomic E-state index is 11.9. The van der Waals surface area contributed by atoms with E-state index in [4.69, 9.17) is 0 Å². The highest BCUT2D eigenvalue weighted by Crippen LogP contribution is 2.04. The average Bonchev–Trinajstić information content (AvgIpc) is 2.50. The molecule has 0 saturated carbocycles. The molecule has 21 heavy (non-hydrogen) atoms. The Balaban J connectivity index is 1.75. The van der Waals surface area contributed by atoms with Crippen molar-refractivity contribution in [2.45, 2.75) is 52.0 Å². The minimum absolute atomic E-state index is 0.0167. The molecule has 2 heterocycles. The molecule has 0 radical (unpaired) electrons. The first-order valence-electron chi connectivity index (χ1n) is 7.99. The molecular weight excluding hydrogens is 262 g/mol. The second-order valence-corrected chi connectivity index (χ2v) is 5.46. The van der Waals surface area contributed by atoms with E-state index < -0.39 is 0 Å². The van der Waals surface area contributed by atoms with E-state index in [1.165, 1.54) is 38.5 Å². The van der Waals surface area contributed by atoms with Crippen molar-refractivity contribution in [3.63, 3.8) is 0 Å². The predicted molar refractivity (Wildman–Crippen MR) is 86.5 cm³/mol. The molecule has 0 atom stereocenters. The van der Waals surface area contributed by atoms with Crippen LogP contribution in [0.2, 0.25) is 0 Å². The molecular formula is C17H25N3O. The molecule has 0 aromatic carbocycles. The molecule has 4 heteroatoms. The van der Waals surface area contributed by atoms with Crippen molar-refractivity contribution in [2.75, 3.05) is 6.54 Å². The molecule has 0 aliphatic rings. The van der Waals surface area contributed by atoms with E-state index in [1.54, 1.807) is 16.7 Å². The van der Waals surface area contributed by atoms with Crippen LogP contribution in [0.25, 0.3) is 5.65 Å². The highest BCUT2D eigenvalue weighted by Gasteiger charge is 2.01. The highest BCUT2D eigenvalue weighted by atomic mass is 16.1. The Labute approximate surface area is 126 Å². The molecule has 2 rings (SSSR count). The Kier molecular flexibility index (Phi) is 6.41. The third kappa shape index (κ3) is 4.97. The monoisotopic (exact) mass is 287 g/mol. The van der Waals surface area contributed by atoms with Crippen molar-refractivity contribution in [1.82, 2.24) is 14.7 Å². The fraction of sp³-hybridized carbons (Fsp3) is 0.529. The number of rotatable bonds is 9. The third-order valence-corrected chi connectivity index (χ3v) is 3.64. The van der Waals surface area contributed by atoms with Gasteiger partial charge in [-0.05, 0) is 25.1 Å². The highest BCUT2D eigenvalue weighted by molar-refractivity contribution is 5.37. The Morgan fingerprint density at radius 2 is 1.95 bits per heavy atom. The lowest BCUT2D eigenvalue weighted by Crippen LogP contribution is -2.20. The lowest BCUT2D eigenvalue weighted by molar-refractivity contribution is 0.569. The van der Waals surface area contributed by atoms with E-state index in [2.05, 4.69) is 17.2 Å². The molecule has 114 valence electrons. The molecule has 0 bridgehead atoms. The Morgan fingerprint density at radius 3 is 2.81 bits per heavy atom. The molecule has 0 saturated heterocycles. The van der Waals surface area contributed by atoms with Crippen LogP contribution in [0.5, 0.6) is 0 Å². The van der Waals surface area contributed by atoms with Gasteiger partial charge in [0.25, 0.3) is 5.56 Å². The molecule has 0 spiro atoms. The number of nitrogens with zero attached hydrogens (tertiary/aromatic N) is 2. The van der Waals surface area contributed by atoms with Gasteiger partial charge in [0.15, 0.2) is 0 Å². The summed E-state index contributed by atoms with van der Waals surface area (Å²) >= 11 is 0. The molecule has 4 nitrogen and oxygen atoms in total. The second-order valence-electron chi connectivity index (χ2n) is 5.46. The summed E-state index contributed by atoms with van der Waals surface area (Å²) in [5.41, 5.74) is 1.51. The number of hydrogen-bond acceptors (Lipinski definition) is 3. The van der Waals surface area contributed by atoms with Crippen LogP contribution < -0.4 is 10.9 Å². The molecule has 0 unspecified atom stereocenters. The van der Waals surface area contributed by atoms with Gasteiger partial charge in [-0.1, -0.05) is 45.1 Å². The van der Waals surface area contributed by atoms with Gasteiger partial charge in [-0.3, -0.25) is 9.20 Å². The molecule has 1 N–H and O–H groups in total. The van der Waals surface area contributed by atoms with E-state index in [0.717, 1.165) is 12.2 Å². The number of hydrogen-bond donors (Lipinski definition) is 1. The van der Waals surface area contributed by atoms with Crippen LogP contribution in [0.1, 0.15) is 51.1 Å². The fourth-order valence-electron chi connectivity index (χ4n) is 2.44. The van der Waals surface area contributed by atoms with Gasteiger partial charge in [0, 0.05) is 18.8 Å². The van der Waals surface area contributed by atoms with E-state index >= 15 is 0 Å². The van der Waals surface area contributed by atoms with Gasteiger partial charge >= 0.3 is 0 Å². The van der Waals surface area contributed by atoms with Crippen LogP contribution in [0.15, 0.2) is 35.3 Å². The topological polar surface area (TPSA) is 46.4 Å². The maximum Gasteiger partial charge on any atom is 0.258 e. The third-order valence-electron chi connectivity index (χ3n) is 3.64. The molecule has 0 fully saturated rings. The van der Waals surface area contributed by atoms with Gasteiger partial charge in [0.05, 0.1) is 5.69 Å². The van der Waals surface area contributed by atoms with E-state index in [9.17, 15) is 4.79 Å². The van der Waals surface area contributed by atoms with Crippen molar-refractivity contribution in [2.24, 2.45) is 0 Å². The fourth-order valence-corrected chi connectivity index (χ4v) is 2.44. The zero-order chi connectivity index (χ0) is 14.9. The van der Waals surface area contributed by atoms with Crippen molar-refractivity contribution in [3.05, 3.63) is 46.5 Å². The summed E-state index contributed by atoms with van der Waals surface area (Å²) in [4.78, 5) is 16.4. The molecule has 0 amide bonds. The zero-order valence-electron chi connectivity index (χ0n) is 12.8. The molecule has 0 aliphatic heterocycles. The largest absolute Gasteiger partial charge is 0.311 e. The summed E-state index contributed by atoms with van der Waals surface area (Å²) in [6.45, 7) is 3.89. The molecule has 0 aliphatic carbocycles. The number of aromatic nitrogens is 2. The van der Waals surface area contributed by atoms with Crippen molar-refractivity contribution in [3.8, 4) is 0 Å². The van der Waals surface area contributed by atoms with Gasteiger partial charge in [0.2, 0.25) is 0 Å². The summed E-state index contributed by atoms with van der Waals surface area (Å²) in [6, 6.07) is 7.21. The van der Waals surface area contributed by atoms with Crippen LogP contribution >= 0.6 is 0 Å². The minimum Gasteiger partial charge on any atom is -0.311 e. The standard InChI is InChI=1S/C17H25N3O/c1-2-3-4-5-6-8-11-18-14-15-13-17(21)20-12-9-7-10-16(20)19-15/h7,9-10,12-13,18H,2-6,8,11,14H2,1H3. The van der Waals surface area contributed by atoms with Gasteiger partial charge in [-0.15, -0.1) is 0 Å². The van der Waals surface area contributed by atoms with Crippen LogP contribution in [0, 0.1) is 0 Å². The first-order chi connectivity index (χ1) is 10.3. The van der Waals surface area contributed by atoms with Crippen molar-refractivity contribution in [1.29, 1.82) is 0 Å². The first kappa shape index (κ1) is 15.7. The summed E-state index contributed by atoms with van der Waals surface area (Å²) < 4.78 is 1.57. The van der Waals surface area contributed by atoms with Crippen LogP contribution in [-0.2, 0) is 6.54 Å². The lowest BCUT2D eigenvalue weighted by atomic mass is 10.1. The number of unbranched alkanes of at least 4 members (excludes halogenated alkanes) is 5. The predicted octanol–water partition coefficient (Wildman–Crippen LogP) is 3.14. The maximum atomic E-state index is 11.9. The summed E-state index contributed by atoms with van der Waals surface area (Å²) in [5.74, 6) is 0. The van der Waals surface area contributed by atoms with Gasteiger partial charge in [-0.2, -0.15) is 0 Å². The van der Waals surface area contributed by atoms with Gasteiger partial charge in [-0.25, -0.2) is 4.98 Å². The van der Waals surface area contributed by atoms with Gasteiger partial charge in [0.1, 0.15) is 5.65 Å². The first-order valence-corrected chi connectivity index (χ1v) is 7.99. The van der Waals surface area contributed by atoms with Crippen LogP contribution in [-0.4, -0.2) is 15.9 Å². The van der Waals surface area contributed by atoms with Crippen LogP contribution in [0.4, 0.5) is 0 Å². The van der Waals surface area contributed by atoms with Crippen molar-refractivity contribution >= 4 is 5.65 Å². The summed E-state index contributed by atoms with van der Waals surface area (Å²) in [7, 11) is 0. The number of fused-ring (bicyclic) bond motifs is 1. The van der Waals surface area contributed by atoms with Crippen LogP contribution in [0.3, 0.4) is 0 Å². The van der Waals surface area contributed by atoms with E-state index in [0.29, 0.717) is 12.2 Å². The number of pyridine rings is 1. The average molecular weight is 287 g/mol.